The van der Waals surface area contributed by atoms with Gasteiger partial charge in [-0.2, -0.15) is 0 Å². The van der Waals surface area contributed by atoms with E-state index in [1.807, 2.05) is 6.92 Å². The number of anilines is 1. The van der Waals surface area contributed by atoms with Gasteiger partial charge in [-0.1, -0.05) is 0 Å². The number of nitrogens with zero attached hydrogens (tertiary/aromatic N) is 3. The van der Waals surface area contributed by atoms with E-state index >= 15 is 0 Å². The zero-order valence-electron chi connectivity index (χ0n) is 12.5. The zero-order chi connectivity index (χ0) is 14.7. The Bertz CT molecular complexity index is 462. The van der Waals surface area contributed by atoms with Crippen LogP contribution in [0.2, 0.25) is 0 Å². The number of carbonyl (C=O) groups is 1. The second kappa shape index (κ2) is 6.65. The monoisotopic (exact) mass is 296 g/mol. The lowest BCUT2D eigenvalue weighted by Crippen LogP contribution is -2.29. The lowest BCUT2D eigenvalue weighted by molar-refractivity contribution is -0.116. The molecule has 0 aliphatic carbocycles. The van der Waals surface area contributed by atoms with Gasteiger partial charge in [0, 0.05) is 38.0 Å². The van der Waals surface area contributed by atoms with E-state index in [0.717, 1.165) is 30.5 Å². The highest BCUT2D eigenvalue weighted by Gasteiger charge is 2.28. The van der Waals surface area contributed by atoms with Gasteiger partial charge < -0.3 is 5.73 Å². The quantitative estimate of drug-likeness (QED) is 0.898. The Morgan fingerprint density at radius 1 is 1.65 bits per heavy atom. The molecular formula is C14H24N4OS. The molecule has 0 aromatic carbocycles. The van der Waals surface area contributed by atoms with Gasteiger partial charge in [0.05, 0.1) is 5.69 Å². The summed E-state index contributed by atoms with van der Waals surface area (Å²) >= 11 is 1.54. The fourth-order valence-corrected chi connectivity index (χ4v) is 3.73. The first-order valence-electron chi connectivity index (χ1n) is 7.21. The normalized spacial score (nSPS) is 23.2. The Kier molecular flexibility index (Phi) is 5.12. The van der Waals surface area contributed by atoms with E-state index in [9.17, 15) is 4.79 Å². The van der Waals surface area contributed by atoms with Gasteiger partial charge in [0.2, 0.25) is 5.91 Å². The average molecular weight is 296 g/mol. The van der Waals surface area contributed by atoms with Crippen molar-refractivity contribution in [3.63, 3.8) is 0 Å². The Morgan fingerprint density at radius 3 is 2.95 bits per heavy atom. The van der Waals surface area contributed by atoms with Gasteiger partial charge >= 0.3 is 0 Å². The molecule has 1 saturated heterocycles. The summed E-state index contributed by atoms with van der Waals surface area (Å²) in [6.45, 7) is 9.12. The van der Waals surface area contributed by atoms with Crippen molar-refractivity contribution in [3.05, 3.63) is 11.1 Å². The molecule has 2 heterocycles. The molecule has 1 aromatic heterocycles. The van der Waals surface area contributed by atoms with E-state index in [0.29, 0.717) is 18.5 Å². The lowest BCUT2D eigenvalue weighted by atomic mass is 10.1. The molecule has 1 aromatic rings. The van der Waals surface area contributed by atoms with Gasteiger partial charge in [-0.05, 0) is 32.7 Å². The molecule has 5 nitrogen and oxygen atoms in total. The van der Waals surface area contributed by atoms with Gasteiger partial charge in [-0.15, -0.1) is 11.3 Å². The van der Waals surface area contributed by atoms with Crippen LogP contribution >= 0.6 is 11.3 Å². The van der Waals surface area contributed by atoms with Crippen LogP contribution in [0.4, 0.5) is 5.13 Å². The summed E-state index contributed by atoms with van der Waals surface area (Å²) in [6.07, 6.45) is 1.17. The second-order valence-corrected chi connectivity index (χ2v) is 6.34. The molecule has 0 spiro atoms. The first kappa shape index (κ1) is 15.4. The van der Waals surface area contributed by atoms with Crippen molar-refractivity contribution in [2.24, 2.45) is 11.7 Å². The number of nitrogens with two attached hydrogens (primary N) is 1. The van der Waals surface area contributed by atoms with Crippen molar-refractivity contribution in [2.45, 2.75) is 39.8 Å². The van der Waals surface area contributed by atoms with Gasteiger partial charge in [-0.3, -0.25) is 14.6 Å². The number of aromatic nitrogens is 1. The van der Waals surface area contributed by atoms with Gasteiger partial charge in [-0.25, -0.2) is 4.98 Å². The van der Waals surface area contributed by atoms with Crippen LogP contribution in [0.5, 0.6) is 0 Å². The predicted octanol–water partition coefficient (Wildman–Crippen LogP) is 1.68. The van der Waals surface area contributed by atoms with Crippen molar-refractivity contribution in [1.82, 2.24) is 9.88 Å². The van der Waals surface area contributed by atoms with E-state index in [1.165, 1.54) is 6.42 Å². The number of thiazole rings is 1. The molecule has 1 aliphatic heterocycles. The van der Waals surface area contributed by atoms with Gasteiger partial charge in [0.15, 0.2) is 5.13 Å². The number of carbonyl (C=O) groups excluding carboxylic acids is 1. The SMILES string of the molecule is CCN(C(C)=O)c1nc(CN2CC(CN)CC2C)cs1. The van der Waals surface area contributed by atoms with Crippen LogP contribution in [0.15, 0.2) is 5.38 Å². The molecule has 6 heteroatoms. The molecule has 1 amide bonds. The third-order valence-corrected chi connectivity index (χ3v) is 4.87. The summed E-state index contributed by atoms with van der Waals surface area (Å²) in [4.78, 5) is 20.3. The number of amides is 1. The minimum absolute atomic E-state index is 0.0473. The number of rotatable bonds is 5. The fraction of sp³-hybridized carbons (Fsp3) is 0.714. The summed E-state index contributed by atoms with van der Waals surface area (Å²) < 4.78 is 0. The van der Waals surface area contributed by atoms with Crippen LogP contribution in [0, 0.1) is 5.92 Å². The summed E-state index contributed by atoms with van der Waals surface area (Å²) in [5.74, 6) is 0.651. The van der Waals surface area contributed by atoms with Crippen LogP contribution in [0.3, 0.4) is 0 Å². The standard InChI is InChI=1S/C14H24N4OS/c1-4-18(11(3)19)14-16-13(9-20-14)8-17-7-12(6-15)5-10(17)2/h9-10,12H,4-8,15H2,1-3H3. The van der Waals surface area contributed by atoms with Crippen LogP contribution in [0.1, 0.15) is 32.9 Å². The first-order valence-corrected chi connectivity index (χ1v) is 8.09. The number of hydrogen-bond acceptors (Lipinski definition) is 5. The smallest absolute Gasteiger partial charge is 0.225 e. The first-order chi connectivity index (χ1) is 9.55. The highest BCUT2D eigenvalue weighted by molar-refractivity contribution is 7.14. The highest BCUT2D eigenvalue weighted by atomic mass is 32.1. The molecular weight excluding hydrogens is 272 g/mol. The molecule has 0 bridgehead atoms. The summed E-state index contributed by atoms with van der Waals surface area (Å²) in [6, 6.07) is 0.559. The van der Waals surface area contributed by atoms with Crippen molar-refractivity contribution in [3.8, 4) is 0 Å². The predicted molar refractivity (Wildman–Crippen MR) is 82.8 cm³/mol. The summed E-state index contributed by atoms with van der Waals surface area (Å²) in [5, 5.41) is 2.86. The molecule has 0 radical (unpaired) electrons. The maximum atomic E-state index is 11.5. The van der Waals surface area contributed by atoms with Gasteiger partial charge in [0.25, 0.3) is 0 Å². The van der Waals surface area contributed by atoms with Crippen molar-refractivity contribution in [1.29, 1.82) is 0 Å². The van der Waals surface area contributed by atoms with Gasteiger partial charge in [0.1, 0.15) is 0 Å². The largest absolute Gasteiger partial charge is 0.330 e. The summed E-state index contributed by atoms with van der Waals surface area (Å²) in [5.41, 5.74) is 6.81. The molecule has 1 fully saturated rings. The van der Waals surface area contributed by atoms with Crippen molar-refractivity contribution in [2.75, 3.05) is 24.5 Å². The molecule has 2 N–H and O–H groups in total. The second-order valence-electron chi connectivity index (χ2n) is 5.50. The summed E-state index contributed by atoms with van der Waals surface area (Å²) in [7, 11) is 0. The molecule has 112 valence electrons. The Labute approximate surface area is 124 Å². The van der Waals surface area contributed by atoms with E-state index in [4.69, 9.17) is 5.73 Å². The molecule has 0 saturated carbocycles. The number of likely N-dealkylation sites (tertiary alicyclic amines) is 1. The number of hydrogen-bond donors (Lipinski definition) is 1. The lowest BCUT2D eigenvalue weighted by Gasteiger charge is -2.19. The third kappa shape index (κ3) is 3.37. The molecule has 2 atom stereocenters. The van der Waals surface area contributed by atoms with E-state index < -0.39 is 0 Å². The molecule has 2 rings (SSSR count). The van der Waals surface area contributed by atoms with Crippen LogP contribution in [0.25, 0.3) is 0 Å². The van der Waals surface area contributed by atoms with E-state index in [2.05, 4.69) is 22.2 Å². The Hall–Kier alpha value is -0.980. The Morgan fingerprint density at radius 2 is 2.40 bits per heavy atom. The van der Waals surface area contributed by atoms with Crippen LogP contribution in [-0.4, -0.2) is 41.5 Å². The van der Waals surface area contributed by atoms with E-state index in [1.54, 1.807) is 23.2 Å². The van der Waals surface area contributed by atoms with E-state index in [-0.39, 0.29) is 5.91 Å². The Balaban J connectivity index is 2.01. The molecule has 20 heavy (non-hydrogen) atoms. The zero-order valence-corrected chi connectivity index (χ0v) is 13.3. The van der Waals surface area contributed by atoms with Crippen LogP contribution in [-0.2, 0) is 11.3 Å². The van der Waals surface area contributed by atoms with Crippen molar-refractivity contribution < 1.29 is 4.79 Å². The van der Waals surface area contributed by atoms with Crippen LogP contribution < -0.4 is 10.6 Å². The fourth-order valence-electron chi connectivity index (χ4n) is 2.80. The average Bonchev–Trinajstić information content (AvgIpc) is 2.98. The third-order valence-electron chi connectivity index (χ3n) is 3.96. The maximum absolute atomic E-state index is 11.5. The maximum Gasteiger partial charge on any atom is 0.225 e. The minimum Gasteiger partial charge on any atom is -0.330 e. The topological polar surface area (TPSA) is 62.5 Å². The highest BCUT2D eigenvalue weighted by Crippen LogP contribution is 2.26. The molecule has 2 unspecified atom stereocenters. The molecule has 1 aliphatic rings. The minimum atomic E-state index is 0.0473. The van der Waals surface area contributed by atoms with Crippen molar-refractivity contribution >= 4 is 22.4 Å².